The zero-order valence-corrected chi connectivity index (χ0v) is 14.1. The molecule has 0 atom stereocenters. The quantitative estimate of drug-likeness (QED) is 0.914. The molecule has 1 aliphatic rings. The van der Waals surface area contributed by atoms with E-state index >= 15 is 0 Å². The Morgan fingerprint density at radius 3 is 2.55 bits per heavy atom. The van der Waals surface area contributed by atoms with Gasteiger partial charge in [-0.05, 0) is 26.7 Å². The Balaban J connectivity index is 2.42. The summed E-state index contributed by atoms with van der Waals surface area (Å²) >= 11 is 0. The Hall–Kier alpha value is -1.57. The van der Waals surface area contributed by atoms with Crippen LogP contribution >= 0.6 is 0 Å². The van der Waals surface area contributed by atoms with Crippen LogP contribution in [0.15, 0.2) is 5.03 Å². The van der Waals surface area contributed by atoms with Gasteiger partial charge in [0.2, 0.25) is 5.88 Å². The fourth-order valence-electron chi connectivity index (χ4n) is 2.80. The fraction of sp³-hybridized carbons (Fsp3) is 0.714. The molecule has 22 heavy (non-hydrogen) atoms. The monoisotopic (exact) mass is 329 g/mol. The summed E-state index contributed by atoms with van der Waals surface area (Å²) in [5.41, 5.74) is 0.388. The molecular formula is C14H23N3O4S. The number of nitrogens with zero attached hydrogens (tertiary/aromatic N) is 2. The SMILES string of the molecule is CCNC(=O)Oc1c(C)c(S(C)(=O)=O)nn1C1CCCCC1. The normalized spacial score (nSPS) is 16.5. The third-order valence-corrected chi connectivity index (χ3v) is 4.92. The van der Waals surface area contributed by atoms with Crippen LogP contribution in [0, 0.1) is 6.92 Å². The molecular weight excluding hydrogens is 306 g/mol. The van der Waals surface area contributed by atoms with Crippen LogP contribution in [-0.4, -0.2) is 37.1 Å². The average molecular weight is 329 g/mol. The van der Waals surface area contributed by atoms with Crippen molar-refractivity contribution >= 4 is 15.9 Å². The van der Waals surface area contributed by atoms with Gasteiger partial charge in [-0.3, -0.25) is 0 Å². The van der Waals surface area contributed by atoms with Crippen molar-refractivity contribution in [3.8, 4) is 5.88 Å². The molecule has 0 spiro atoms. The van der Waals surface area contributed by atoms with Gasteiger partial charge in [-0.15, -0.1) is 0 Å². The number of rotatable bonds is 4. The maximum atomic E-state index is 11.9. The standard InChI is InChI=1S/C14H23N3O4S/c1-4-15-14(18)21-13-10(2)12(22(3,19)20)16-17(13)11-8-6-5-7-9-11/h11H,4-9H2,1-3H3,(H,15,18). The summed E-state index contributed by atoms with van der Waals surface area (Å²) in [5, 5.41) is 6.77. The van der Waals surface area contributed by atoms with Crippen molar-refractivity contribution in [2.75, 3.05) is 12.8 Å². The molecule has 1 fully saturated rings. The van der Waals surface area contributed by atoms with Gasteiger partial charge in [0.25, 0.3) is 0 Å². The van der Waals surface area contributed by atoms with Crippen LogP contribution in [-0.2, 0) is 9.84 Å². The van der Waals surface area contributed by atoms with Crippen molar-refractivity contribution in [2.24, 2.45) is 0 Å². The van der Waals surface area contributed by atoms with Crippen LogP contribution in [0.25, 0.3) is 0 Å². The van der Waals surface area contributed by atoms with E-state index in [0.29, 0.717) is 12.1 Å². The molecule has 1 aromatic rings. The first kappa shape index (κ1) is 16.8. The molecule has 1 N–H and O–H groups in total. The van der Waals surface area contributed by atoms with E-state index in [1.807, 2.05) is 0 Å². The first-order valence-corrected chi connectivity index (χ1v) is 9.48. The van der Waals surface area contributed by atoms with Crippen molar-refractivity contribution in [3.63, 3.8) is 0 Å². The molecule has 1 aliphatic carbocycles. The van der Waals surface area contributed by atoms with E-state index in [1.165, 1.54) is 6.42 Å². The number of carbonyl (C=O) groups is 1. The Bertz CT molecular complexity index is 645. The molecule has 1 saturated carbocycles. The van der Waals surface area contributed by atoms with Crippen molar-refractivity contribution in [2.45, 2.75) is 57.0 Å². The van der Waals surface area contributed by atoms with Crippen LogP contribution in [0.3, 0.4) is 0 Å². The maximum absolute atomic E-state index is 11.9. The lowest BCUT2D eigenvalue weighted by Gasteiger charge is -2.23. The lowest BCUT2D eigenvalue weighted by molar-refractivity contribution is 0.191. The minimum Gasteiger partial charge on any atom is -0.391 e. The fourth-order valence-corrected chi connectivity index (χ4v) is 3.68. The van der Waals surface area contributed by atoms with Gasteiger partial charge in [0, 0.05) is 12.8 Å². The Labute approximate surface area is 130 Å². The lowest BCUT2D eigenvalue weighted by Crippen LogP contribution is -2.28. The maximum Gasteiger partial charge on any atom is 0.413 e. The Kier molecular flexibility index (Phi) is 5.10. The first-order chi connectivity index (χ1) is 10.3. The molecule has 1 aromatic heterocycles. The highest BCUT2D eigenvalue weighted by molar-refractivity contribution is 7.90. The molecule has 8 heteroatoms. The smallest absolute Gasteiger partial charge is 0.391 e. The number of hydrogen-bond donors (Lipinski definition) is 1. The van der Waals surface area contributed by atoms with E-state index in [1.54, 1.807) is 18.5 Å². The van der Waals surface area contributed by atoms with Gasteiger partial charge < -0.3 is 10.1 Å². The third kappa shape index (κ3) is 3.60. The zero-order valence-electron chi connectivity index (χ0n) is 13.3. The number of amides is 1. The molecule has 0 radical (unpaired) electrons. The predicted molar refractivity (Wildman–Crippen MR) is 81.9 cm³/mol. The van der Waals surface area contributed by atoms with Crippen LogP contribution in [0.1, 0.15) is 50.6 Å². The second-order valence-corrected chi connectivity index (χ2v) is 7.59. The number of sulfone groups is 1. The number of nitrogens with one attached hydrogen (secondary N) is 1. The van der Waals surface area contributed by atoms with Gasteiger partial charge in [0.05, 0.1) is 11.6 Å². The van der Waals surface area contributed by atoms with Crippen LogP contribution in [0.2, 0.25) is 0 Å². The Morgan fingerprint density at radius 2 is 2.00 bits per heavy atom. The molecule has 0 unspecified atom stereocenters. The van der Waals surface area contributed by atoms with Crippen LogP contribution in [0.5, 0.6) is 5.88 Å². The molecule has 0 aromatic carbocycles. The summed E-state index contributed by atoms with van der Waals surface area (Å²) in [7, 11) is -3.47. The third-order valence-electron chi connectivity index (χ3n) is 3.83. The van der Waals surface area contributed by atoms with Crippen LogP contribution < -0.4 is 10.1 Å². The Morgan fingerprint density at radius 1 is 1.36 bits per heavy atom. The van der Waals surface area contributed by atoms with E-state index in [-0.39, 0.29) is 16.9 Å². The first-order valence-electron chi connectivity index (χ1n) is 7.59. The predicted octanol–water partition coefficient (Wildman–Crippen LogP) is 2.21. The molecule has 1 amide bonds. The number of hydrogen-bond acceptors (Lipinski definition) is 5. The van der Waals surface area contributed by atoms with Crippen molar-refractivity contribution in [1.29, 1.82) is 0 Å². The highest BCUT2D eigenvalue weighted by Gasteiger charge is 2.28. The minimum atomic E-state index is -3.47. The van der Waals surface area contributed by atoms with E-state index < -0.39 is 15.9 Å². The largest absolute Gasteiger partial charge is 0.413 e. The molecule has 2 rings (SSSR count). The van der Waals surface area contributed by atoms with E-state index in [0.717, 1.165) is 31.9 Å². The summed E-state index contributed by atoms with van der Waals surface area (Å²) in [5.74, 6) is 0.235. The van der Waals surface area contributed by atoms with Gasteiger partial charge in [0.1, 0.15) is 0 Å². The summed E-state index contributed by atoms with van der Waals surface area (Å²) < 4.78 is 30.7. The average Bonchev–Trinajstić information content (AvgIpc) is 2.77. The highest BCUT2D eigenvalue weighted by atomic mass is 32.2. The van der Waals surface area contributed by atoms with Gasteiger partial charge in [-0.2, -0.15) is 5.10 Å². The molecule has 0 saturated heterocycles. The van der Waals surface area contributed by atoms with E-state index in [9.17, 15) is 13.2 Å². The van der Waals surface area contributed by atoms with Crippen molar-refractivity contribution < 1.29 is 17.9 Å². The summed E-state index contributed by atoms with van der Waals surface area (Å²) in [6.07, 6.45) is 5.65. The zero-order chi connectivity index (χ0) is 16.3. The van der Waals surface area contributed by atoms with E-state index in [4.69, 9.17) is 4.74 Å². The number of carbonyl (C=O) groups excluding carboxylic acids is 1. The second-order valence-electron chi connectivity index (χ2n) is 5.66. The minimum absolute atomic E-state index is 0.0163. The molecule has 124 valence electrons. The van der Waals surface area contributed by atoms with Crippen molar-refractivity contribution in [3.05, 3.63) is 5.56 Å². The molecule has 1 heterocycles. The number of aromatic nitrogens is 2. The molecule has 7 nitrogen and oxygen atoms in total. The van der Waals surface area contributed by atoms with Crippen LogP contribution in [0.4, 0.5) is 4.79 Å². The van der Waals surface area contributed by atoms with Gasteiger partial charge in [-0.25, -0.2) is 17.9 Å². The summed E-state index contributed by atoms with van der Waals surface area (Å²) in [6.45, 7) is 3.85. The van der Waals surface area contributed by atoms with Crippen molar-refractivity contribution in [1.82, 2.24) is 15.1 Å². The lowest BCUT2D eigenvalue weighted by atomic mass is 9.96. The topological polar surface area (TPSA) is 90.3 Å². The molecule has 0 aliphatic heterocycles. The number of ether oxygens (including phenoxy) is 1. The summed E-state index contributed by atoms with van der Waals surface area (Å²) in [4.78, 5) is 11.7. The second kappa shape index (κ2) is 6.68. The van der Waals surface area contributed by atoms with Gasteiger partial charge >= 0.3 is 6.09 Å². The highest BCUT2D eigenvalue weighted by Crippen LogP contribution is 2.35. The van der Waals surface area contributed by atoms with Gasteiger partial charge in [-0.1, -0.05) is 19.3 Å². The van der Waals surface area contributed by atoms with Gasteiger partial charge in [0.15, 0.2) is 14.9 Å². The molecule has 0 bridgehead atoms. The summed E-state index contributed by atoms with van der Waals surface area (Å²) in [6, 6.07) is 0.0763. The van der Waals surface area contributed by atoms with E-state index in [2.05, 4.69) is 10.4 Å².